The van der Waals surface area contributed by atoms with Crippen molar-refractivity contribution >= 4 is 11.8 Å². The van der Waals surface area contributed by atoms with E-state index in [0.29, 0.717) is 18.7 Å². The minimum absolute atomic E-state index is 0.148. The summed E-state index contributed by atoms with van der Waals surface area (Å²) in [4.78, 5) is 28.1. The van der Waals surface area contributed by atoms with Gasteiger partial charge >= 0.3 is 0 Å². The molecule has 138 valence electrons. The normalized spacial score (nSPS) is 11.6. The number of pyridine rings is 1. The summed E-state index contributed by atoms with van der Waals surface area (Å²) in [5.74, 6) is -0.743. The highest BCUT2D eigenvalue weighted by Gasteiger charge is 2.13. The van der Waals surface area contributed by atoms with Gasteiger partial charge in [0.2, 0.25) is 0 Å². The van der Waals surface area contributed by atoms with Crippen LogP contribution in [0.5, 0.6) is 0 Å². The second-order valence-corrected chi connectivity index (χ2v) is 5.73. The number of aliphatic hydroxyl groups is 1. The van der Waals surface area contributed by atoms with Gasteiger partial charge in [-0.05, 0) is 24.6 Å². The molecule has 7 heteroatoms. The lowest BCUT2D eigenvalue weighted by molar-refractivity contribution is 0.0508. The first-order chi connectivity index (χ1) is 12.6. The number of ether oxygens (including phenoxy) is 1. The quantitative estimate of drug-likeness (QED) is 0.625. The largest absolute Gasteiger partial charge is 0.395 e. The van der Waals surface area contributed by atoms with E-state index in [9.17, 15) is 9.59 Å². The fourth-order valence-corrected chi connectivity index (χ4v) is 2.17. The van der Waals surface area contributed by atoms with E-state index in [1.165, 1.54) is 18.3 Å². The first kappa shape index (κ1) is 19.6. The second-order valence-electron chi connectivity index (χ2n) is 5.73. The number of benzene rings is 1. The number of rotatable bonds is 9. The molecule has 3 N–H and O–H groups in total. The van der Waals surface area contributed by atoms with Crippen LogP contribution >= 0.6 is 0 Å². The van der Waals surface area contributed by atoms with Crippen molar-refractivity contribution in [2.45, 2.75) is 19.6 Å². The van der Waals surface area contributed by atoms with Gasteiger partial charge in [-0.1, -0.05) is 30.3 Å². The van der Waals surface area contributed by atoms with Crippen LogP contribution in [-0.4, -0.2) is 47.7 Å². The summed E-state index contributed by atoms with van der Waals surface area (Å²) in [6.07, 6.45) is 1.23. The second kappa shape index (κ2) is 10.3. The first-order valence-corrected chi connectivity index (χ1v) is 8.39. The van der Waals surface area contributed by atoms with Gasteiger partial charge in [0.15, 0.2) is 0 Å². The van der Waals surface area contributed by atoms with E-state index in [-0.39, 0.29) is 36.8 Å². The van der Waals surface area contributed by atoms with E-state index in [2.05, 4.69) is 15.6 Å². The molecule has 0 radical (unpaired) electrons. The Hall–Kier alpha value is -2.77. The minimum Gasteiger partial charge on any atom is -0.395 e. The molecular weight excluding hydrogens is 334 g/mol. The van der Waals surface area contributed by atoms with E-state index >= 15 is 0 Å². The van der Waals surface area contributed by atoms with Crippen molar-refractivity contribution in [3.05, 3.63) is 65.5 Å². The average molecular weight is 357 g/mol. The van der Waals surface area contributed by atoms with Crippen molar-refractivity contribution in [1.29, 1.82) is 0 Å². The van der Waals surface area contributed by atoms with E-state index < -0.39 is 0 Å². The molecule has 2 rings (SSSR count). The molecule has 1 heterocycles. The van der Waals surface area contributed by atoms with Gasteiger partial charge in [-0.2, -0.15) is 0 Å². The predicted molar refractivity (Wildman–Crippen MR) is 96.7 cm³/mol. The van der Waals surface area contributed by atoms with Gasteiger partial charge in [0.1, 0.15) is 5.69 Å². The molecule has 0 aliphatic heterocycles. The number of aromatic nitrogens is 1. The predicted octanol–water partition coefficient (Wildman–Crippen LogP) is 1.14. The van der Waals surface area contributed by atoms with Gasteiger partial charge in [-0.15, -0.1) is 0 Å². The highest BCUT2D eigenvalue weighted by atomic mass is 16.5. The Bertz CT molecular complexity index is 722. The zero-order valence-corrected chi connectivity index (χ0v) is 14.6. The first-order valence-electron chi connectivity index (χ1n) is 8.39. The van der Waals surface area contributed by atoms with E-state index in [0.717, 1.165) is 5.56 Å². The lowest BCUT2D eigenvalue weighted by Crippen LogP contribution is -2.33. The van der Waals surface area contributed by atoms with Crippen LogP contribution in [0.2, 0.25) is 0 Å². The van der Waals surface area contributed by atoms with Crippen molar-refractivity contribution < 1.29 is 19.4 Å². The Morgan fingerprint density at radius 3 is 2.65 bits per heavy atom. The molecule has 0 bridgehead atoms. The molecule has 2 amide bonds. The molecule has 0 aliphatic rings. The number of nitrogens with zero attached hydrogens (tertiary/aromatic N) is 1. The maximum absolute atomic E-state index is 12.2. The van der Waals surface area contributed by atoms with Crippen LogP contribution in [0, 0.1) is 0 Å². The highest BCUT2D eigenvalue weighted by molar-refractivity contribution is 5.98. The van der Waals surface area contributed by atoms with E-state index in [1.54, 1.807) is 0 Å². The van der Waals surface area contributed by atoms with Gasteiger partial charge in [-0.3, -0.25) is 14.6 Å². The Kier molecular flexibility index (Phi) is 7.73. The third-order valence-corrected chi connectivity index (χ3v) is 3.58. The molecule has 2 aromatic rings. The van der Waals surface area contributed by atoms with Crippen molar-refractivity contribution in [3.8, 4) is 0 Å². The SMILES string of the molecule is CC(CNC(=O)c1cc(C(=O)NCCO)ccn1)OCc1ccccc1. The number of nitrogens with one attached hydrogen (secondary N) is 2. The standard InChI is InChI=1S/C19H23N3O4/c1-14(26-13-15-5-3-2-4-6-15)12-22-19(25)17-11-16(7-8-20-17)18(24)21-9-10-23/h2-8,11,14,23H,9-10,12-13H2,1H3,(H,21,24)(H,22,25). The summed E-state index contributed by atoms with van der Waals surface area (Å²) in [6.45, 7) is 2.67. The fraction of sp³-hybridized carbons (Fsp3) is 0.316. The zero-order chi connectivity index (χ0) is 18.8. The van der Waals surface area contributed by atoms with Gasteiger partial charge in [-0.25, -0.2) is 0 Å². The van der Waals surface area contributed by atoms with Crippen LogP contribution in [-0.2, 0) is 11.3 Å². The minimum atomic E-state index is -0.378. The summed E-state index contributed by atoms with van der Waals surface area (Å²) in [6, 6.07) is 12.7. The van der Waals surface area contributed by atoms with Gasteiger partial charge in [0.25, 0.3) is 11.8 Å². The molecular formula is C19H23N3O4. The Balaban J connectivity index is 1.82. The number of amides is 2. The highest BCUT2D eigenvalue weighted by Crippen LogP contribution is 2.04. The summed E-state index contributed by atoms with van der Waals surface area (Å²) < 4.78 is 5.70. The smallest absolute Gasteiger partial charge is 0.269 e. The van der Waals surface area contributed by atoms with Crippen LogP contribution in [0.15, 0.2) is 48.7 Å². The van der Waals surface area contributed by atoms with Crippen molar-refractivity contribution in [2.75, 3.05) is 19.7 Å². The third-order valence-electron chi connectivity index (χ3n) is 3.58. The molecule has 0 saturated carbocycles. The van der Waals surface area contributed by atoms with Gasteiger partial charge < -0.3 is 20.5 Å². The van der Waals surface area contributed by atoms with E-state index in [4.69, 9.17) is 9.84 Å². The molecule has 1 aromatic heterocycles. The van der Waals surface area contributed by atoms with Crippen LogP contribution in [0.4, 0.5) is 0 Å². The van der Waals surface area contributed by atoms with Crippen LogP contribution in [0.3, 0.4) is 0 Å². The Morgan fingerprint density at radius 2 is 1.92 bits per heavy atom. The summed E-state index contributed by atoms with van der Waals surface area (Å²) in [7, 11) is 0. The summed E-state index contributed by atoms with van der Waals surface area (Å²) >= 11 is 0. The monoisotopic (exact) mass is 357 g/mol. The molecule has 7 nitrogen and oxygen atoms in total. The maximum Gasteiger partial charge on any atom is 0.269 e. The van der Waals surface area contributed by atoms with Crippen molar-refractivity contribution in [2.24, 2.45) is 0 Å². The van der Waals surface area contributed by atoms with Crippen molar-refractivity contribution in [1.82, 2.24) is 15.6 Å². The topological polar surface area (TPSA) is 101 Å². The molecule has 26 heavy (non-hydrogen) atoms. The Labute approximate surface area is 152 Å². The molecule has 1 unspecified atom stereocenters. The number of aliphatic hydroxyl groups excluding tert-OH is 1. The van der Waals surface area contributed by atoms with Crippen LogP contribution in [0.25, 0.3) is 0 Å². The Morgan fingerprint density at radius 1 is 1.15 bits per heavy atom. The zero-order valence-electron chi connectivity index (χ0n) is 14.6. The lowest BCUT2D eigenvalue weighted by Gasteiger charge is -2.14. The molecule has 1 aromatic carbocycles. The number of carbonyl (C=O) groups is 2. The number of carbonyl (C=O) groups excluding carboxylic acids is 2. The lowest BCUT2D eigenvalue weighted by atomic mass is 10.2. The average Bonchev–Trinajstić information content (AvgIpc) is 2.69. The maximum atomic E-state index is 12.2. The van der Waals surface area contributed by atoms with Crippen LogP contribution in [0.1, 0.15) is 33.3 Å². The summed E-state index contributed by atoms with van der Waals surface area (Å²) in [5.41, 5.74) is 1.53. The summed E-state index contributed by atoms with van der Waals surface area (Å²) in [5, 5.41) is 14.0. The molecule has 0 aliphatic carbocycles. The molecule has 0 fully saturated rings. The molecule has 0 spiro atoms. The van der Waals surface area contributed by atoms with Gasteiger partial charge in [0.05, 0.1) is 19.3 Å². The molecule has 0 saturated heterocycles. The third kappa shape index (κ3) is 6.27. The molecule has 1 atom stereocenters. The number of hydrogen-bond acceptors (Lipinski definition) is 5. The van der Waals surface area contributed by atoms with Gasteiger partial charge in [0, 0.05) is 24.8 Å². The van der Waals surface area contributed by atoms with E-state index in [1.807, 2.05) is 37.3 Å². The fourth-order valence-electron chi connectivity index (χ4n) is 2.17. The van der Waals surface area contributed by atoms with Crippen LogP contribution < -0.4 is 10.6 Å². The van der Waals surface area contributed by atoms with Crippen molar-refractivity contribution in [3.63, 3.8) is 0 Å². The number of hydrogen-bond donors (Lipinski definition) is 3.